The largest absolute Gasteiger partial charge is 0.497 e. The van der Waals surface area contributed by atoms with E-state index >= 15 is 0 Å². The first-order valence-electron chi connectivity index (χ1n) is 8.23. The lowest BCUT2D eigenvalue weighted by atomic mass is 9.99. The van der Waals surface area contributed by atoms with Crippen molar-refractivity contribution < 1.29 is 18.7 Å². The summed E-state index contributed by atoms with van der Waals surface area (Å²) in [5.74, 6) is -0.320. The monoisotopic (exact) mass is 386 g/mol. The van der Waals surface area contributed by atoms with Crippen LogP contribution in [0.1, 0.15) is 16.5 Å². The molecule has 1 unspecified atom stereocenters. The molecule has 27 heavy (non-hydrogen) atoms. The Morgan fingerprint density at radius 3 is 2.41 bits per heavy atom. The fourth-order valence-electron chi connectivity index (χ4n) is 2.71. The molecule has 0 radical (unpaired) electrons. The molecule has 0 aliphatic carbocycles. The van der Waals surface area contributed by atoms with Crippen molar-refractivity contribution in [2.24, 2.45) is 5.73 Å². The Bertz CT molecular complexity index is 941. The van der Waals surface area contributed by atoms with Gasteiger partial charge in [0.25, 0.3) is 0 Å². The highest BCUT2D eigenvalue weighted by molar-refractivity contribution is 7.10. The normalized spacial score (nSPS) is 11.8. The minimum absolute atomic E-state index is 0.353. The summed E-state index contributed by atoms with van der Waals surface area (Å²) >= 11 is 1.29. The molecule has 0 aliphatic heterocycles. The first kappa shape index (κ1) is 18.8. The SMILES string of the molecule is COc1ccc(CC(C(N)=O)c2nc(-c3ccc(OC)cc3F)cs2)cc1. The number of nitrogens with zero attached hydrogens (tertiary/aromatic N) is 1. The zero-order valence-corrected chi connectivity index (χ0v) is 15.8. The van der Waals surface area contributed by atoms with Crippen LogP contribution in [0.3, 0.4) is 0 Å². The number of amides is 1. The summed E-state index contributed by atoms with van der Waals surface area (Å²) in [6, 6.07) is 12.0. The van der Waals surface area contributed by atoms with Crippen LogP contribution in [0.25, 0.3) is 11.3 Å². The number of nitrogens with two attached hydrogens (primary N) is 1. The number of carbonyl (C=O) groups excluding carboxylic acids is 1. The molecular formula is C20H19FN2O3S. The van der Waals surface area contributed by atoms with Crippen molar-refractivity contribution in [3.05, 3.63) is 64.2 Å². The van der Waals surface area contributed by atoms with Crippen LogP contribution in [-0.4, -0.2) is 25.1 Å². The van der Waals surface area contributed by atoms with E-state index in [0.29, 0.717) is 28.4 Å². The van der Waals surface area contributed by atoms with Crippen molar-refractivity contribution in [2.45, 2.75) is 12.3 Å². The summed E-state index contributed by atoms with van der Waals surface area (Å²) < 4.78 is 24.4. The van der Waals surface area contributed by atoms with Gasteiger partial charge in [-0.05, 0) is 36.2 Å². The number of methoxy groups -OCH3 is 2. The molecule has 0 aliphatic rings. The van der Waals surface area contributed by atoms with E-state index in [1.165, 1.54) is 24.5 Å². The van der Waals surface area contributed by atoms with Gasteiger partial charge in [0.1, 0.15) is 22.3 Å². The summed E-state index contributed by atoms with van der Waals surface area (Å²) in [6.07, 6.45) is 0.414. The fraction of sp³-hybridized carbons (Fsp3) is 0.200. The maximum Gasteiger partial charge on any atom is 0.227 e. The number of aromatic nitrogens is 1. The first-order chi connectivity index (χ1) is 13.0. The Balaban J connectivity index is 1.86. The van der Waals surface area contributed by atoms with Crippen LogP contribution in [0.5, 0.6) is 11.5 Å². The van der Waals surface area contributed by atoms with E-state index in [1.54, 1.807) is 24.6 Å². The second kappa shape index (κ2) is 8.18. The molecule has 1 heterocycles. The van der Waals surface area contributed by atoms with Crippen LogP contribution in [0.4, 0.5) is 4.39 Å². The summed E-state index contributed by atoms with van der Waals surface area (Å²) in [4.78, 5) is 16.5. The lowest BCUT2D eigenvalue weighted by Crippen LogP contribution is -2.23. The van der Waals surface area contributed by atoms with Gasteiger partial charge in [0.2, 0.25) is 5.91 Å². The van der Waals surface area contributed by atoms with Crippen LogP contribution < -0.4 is 15.2 Å². The van der Waals surface area contributed by atoms with E-state index in [1.807, 2.05) is 24.3 Å². The molecule has 0 saturated heterocycles. The molecule has 0 spiro atoms. The molecule has 3 rings (SSSR count). The van der Waals surface area contributed by atoms with Gasteiger partial charge in [0.15, 0.2) is 0 Å². The molecule has 2 aromatic carbocycles. The van der Waals surface area contributed by atoms with Gasteiger partial charge in [-0.2, -0.15) is 0 Å². The van der Waals surface area contributed by atoms with E-state index in [0.717, 1.165) is 11.3 Å². The number of halogens is 1. The third-order valence-corrected chi connectivity index (χ3v) is 5.17. The summed E-state index contributed by atoms with van der Waals surface area (Å²) in [6.45, 7) is 0. The molecule has 0 bridgehead atoms. The smallest absolute Gasteiger partial charge is 0.227 e. The third-order valence-electron chi connectivity index (χ3n) is 4.21. The van der Waals surface area contributed by atoms with Crippen LogP contribution in [0.2, 0.25) is 0 Å². The quantitative estimate of drug-likeness (QED) is 0.671. The molecule has 1 atom stereocenters. The zero-order valence-electron chi connectivity index (χ0n) is 14.9. The molecule has 0 fully saturated rings. The highest BCUT2D eigenvalue weighted by atomic mass is 32.1. The number of benzene rings is 2. The van der Waals surface area contributed by atoms with Crippen molar-refractivity contribution in [2.75, 3.05) is 14.2 Å². The van der Waals surface area contributed by atoms with Crippen molar-refractivity contribution in [3.63, 3.8) is 0 Å². The Hall–Kier alpha value is -2.93. The van der Waals surface area contributed by atoms with E-state index in [2.05, 4.69) is 4.98 Å². The molecular weight excluding hydrogens is 367 g/mol. The highest BCUT2D eigenvalue weighted by Gasteiger charge is 2.23. The fourth-order valence-corrected chi connectivity index (χ4v) is 3.64. The zero-order chi connectivity index (χ0) is 19.4. The Labute approximate surface area is 160 Å². The number of rotatable bonds is 7. The molecule has 1 aromatic heterocycles. The molecule has 0 saturated carbocycles. The maximum atomic E-state index is 14.3. The lowest BCUT2D eigenvalue weighted by molar-refractivity contribution is -0.119. The molecule has 3 aromatic rings. The average molecular weight is 386 g/mol. The van der Waals surface area contributed by atoms with Gasteiger partial charge >= 0.3 is 0 Å². The standard InChI is InChI=1S/C20H19FN2O3S/c1-25-13-5-3-12(4-6-13)9-16(19(22)24)20-23-18(11-27-20)15-8-7-14(26-2)10-17(15)21/h3-8,10-11,16H,9H2,1-2H3,(H2,22,24). The lowest BCUT2D eigenvalue weighted by Gasteiger charge is -2.11. The van der Waals surface area contributed by atoms with E-state index in [-0.39, 0.29) is 0 Å². The third kappa shape index (κ3) is 4.25. The van der Waals surface area contributed by atoms with Gasteiger partial charge in [-0.15, -0.1) is 11.3 Å². The summed E-state index contributed by atoms with van der Waals surface area (Å²) in [5.41, 5.74) is 7.36. The average Bonchev–Trinajstić information content (AvgIpc) is 3.15. The van der Waals surface area contributed by atoms with Crippen LogP contribution in [-0.2, 0) is 11.2 Å². The Morgan fingerprint density at radius 1 is 1.15 bits per heavy atom. The highest BCUT2D eigenvalue weighted by Crippen LogP contribution is 2.31. The van der Waals surface area contributed by atoms with Gasteiger partial charge in [0, 0.05) is 17.0 Å². The predicted octanol–water partition coefficient (Wildman–Crippen LogP) is 3.78. The van der Waals surface area contributed by atoms with Gasteiger partial charge < -0.3 is 15.2 Å². The summed E-state index contributed by atoms with van der Waals surface area (Å²) in [5, 5.41) is 2.29. The predicted molar refractivity (Wildman–Crippen MR) is 103 cm³/mol. The number of ether oxygens (including phenoxy) is 2. The van der Waals surface area contributed by atoms with Gasteiger partial charge in [0.05, 0.1) is 25.8 Å². The number of hydrogen-bond acceptors (Lipinski definition) is 5. The van der Waals surface area contributed by atoms with E-state index in [4.69, 9.17) is 15.2 Å². The Kier molecular flexibility index (Phi) is 5.71. The number of carbonyl (C=O) groups is 1. The maximum absolute atomic E-state index is 14.3. The van der Waals surface area contributed by atoms with Crippen molar-refractivity contribution in [3.8, 4) is 22.8 Å². The summed E-state index contributed by atoms with van der Waals surface area (Å²) in [7, 11) is 3.07. The van der Waals surface area contributed by atoms with Gasteiger partial charge in [-0.3, -0.25) is 4.79 Å². The molecule has 1 amide bonds. The van der Waals surface area contributed by atoms with Crippen LogP contribution >= 0.6 is 11.3 Å². The topological polar surface area (TPSA) is 74.4 Å². The van der Waals surface area contributed by atoms with Crippen molar-refractivity contribution in [1.29, 1.82) is 0 Å². The first-order valence-corrected chi connectivity index (χ1v) is 9.11. The number of primary amides is 1. The molecule has 140 valence electrons. The van der Waals surface area contributed by atoms with E-state index in [9.17, 15) is 9.18 Å². The minimum atomic E-state index is -0.585. The van der Waals surface area contributed by atoms with Gasteiger partial charge in [-0.25, -0.2) is 9.37 Å². The Morgan fingerprint density at radius 2 is 1.81 bits per heavy atom. The molecule has 7 heteroatoms. The second-order valence-corrected chi connectivity index (χ2v) is 6.81. The van der Waals surface area contributed by atoms with Crippen LogP contribution in [0, 0.1) is 5.82 Å². The van der Waals surface area contributed by atoms with E-state index < -0.39 is 17.6 Å². The van der Waals surface area contributed by atoms with Crippen LogP contribution in [0.15, 0.2) is 47.8 Å². The minimum Gasteiger partial charge on any atom is -0.497 e. The molecule has 2 N–H and O–H groups in total. The second-order valence-electron chi connectivity index (χ2n) is 5.92. The molecule has 5 nitrogen and oxygen atoms in total. The van der Waals surface area contributed by atoms with Crippen molar-refractivity contribution >= 4 is 17.2 Å². The number of hydrogen-bond donors (Lipinski definition) is 1. The van der Waals surface area contributed by atoms with Crippen molar-refractivity contribution in [1.82, 2.24) is 4.98 Å². The number of thiazole rings is 1. The van der Waals surface area contributed by atoms with Gasteiger partial charge in [-0.1, -0.05) is 12.1 Å².